The van der Waals surface area contributed by atoms with Crippen molar-refractivity contribution in [3.8, 4) is 5.75 Å². The summed E-state index contributed by atoms with van der Waals surface area (Å²) in [7, 11) is 0. The zero-order valence-corrected chi connectivity index (χ0v) is 8.98. The molecule has 0 saturated heterocycles. The van der Waals surface area contributed by atoms with Crippen LogP contribution in [0, 0.1) is 6.92 Å². The van der Waals surface area contributed by atoms with Crippen LogP contribution in [0.1, 0.15) is 11.1 Å². The summed E-state index contributed by atoms with van der Waals surface area (Å²) in [5.41, 5.74) is 7.00. The number of hydrogen-bond donors (Lipinski definition) is 1. The molecule has 0 amide bonds. The Balaban J connectivity index is 2.78. The summed E-state index contributed by atoms with van der Waals surface area (Å²) in [6.45, 7) is 1.19. The van der Waals surface area contributed by atoms with Crippen LogP contribution >= 0.6 is 12.2 Å². The summed E-state index contributed by atoms with van der Waals surface area (Å²) in [6.07, 6.45) is -2.47. The standard InChI is InChI=1S/C10H11F2NOS/c1-6-4-7(14-5-9(11)12)2-3-8(6)10(13)15/h2-4,9H,5H2,1H3,(H2,13,15). The monoisotopic (exact) mass is 231 g/mol. The number of aryl methyl sites for hydroxylation is 1. The van der Waals surface area contributed by atoms with E-state index < -0.39 is 13.0 Å². The lowest BCUT2D eigenvalue weighted by Crippen LogP contribution is -2.12. The van der Waals surface area contributed by atoms with Crippen LogP contribution in [0.4, 0.5) is 8.78 Å². The van der Waals surface area contributed by atoms with Crippen molar-refractivity contribution in [1.29, 1.82) is 0 Å². The zero-order chi connectivity index (χ0) is 11.4. The predicted octanol–water partition coefficient (Wildman–Crippen LogP) is 2.27. The summed E-state index contributed by atoms with van der Waals surface area (Å²) in [6, 6.07) is 4.87. The highest BCUT2D eigenvalue weighted by Crippen LogP contribution is 2.17. The number of benzene rings is 1. The minimum absolute atomic E-state index is 0.285. The van der Waals surface area contributed by atoms with Crippen LogP contribution in [-0.4, -0.2) is 18.0 Å². The molecule has 0 aromatic heterocycles. The molecule has 0 spiro atoms. The van der Waals surface area contributed by atoms with Crippen LogP contribution in [0.15, 0.2) is 18.2 Å². The molecule has 0 radical (unpaired) electrons. The average molecular weight is 231 g/mol. The van der Waals surface area contributed by atoms with Crippen LogP contribution < -0.4 is 10.5 Å². The molecule has 1 rings (SSSR count). The van der Waals surface area contributed by atoms with Crippen molar-refractivity contribution in [2.45, 2.75) is 13.3 Å². The second kappa shape index (κ2) is 5.02. The summed E-state index contributed by atoms with van der Waals surface area (Å²) in [4.78, 5) is 0.285. The van der Waals surface area contributed by atoms with Gasteiger partial charge in [-0.05, 0) is 30.7 Å². The van der Waals surface area contributed by atoms with E-state index in [2.05, 4.69) is 0 Å². The number of alkyl halides is 2. The van der Waals surface area contributed by atoms with Crippen molar-refractivity contribution in [3.63, 3.8) is 0 Å². The second-order valence-corrected chi connectivity index (χ2v) is 3.48. The molecule has 0 heterocycles. The first-order valence-corrected chi connectivity index (χ1v) is 4.73. The van der Waals surface area contributed by atoms with Crippen LogP contribution in [-0.2, 0) is 0 Å². The third-order valence-electron chi connectivity index (χ3n) is 1.84. The van der Waals surface area contributed by atoms with Gasteiger partial charge in [0.05, 0.1) is 0 Å². The topological polar surface area (TPSA) is 35.2 Å². The maximum absolute atomic E-state index is 11.9. The van der Waals surface area contributed by atoms with Gasteiger partial charge in [-0.25, -0.2) is 8.78 Å². The van der Waals surface area contributed by atoms with Gasteiger partial charge in [-0.3, -0.25) is 0 Å². The van der Waals surface area contributed by atoms with E-state index in [0.717, 1.165) is 11.1 Å². The van der Waals surface area contributed by atoms with Gasteiger partial charge in [0, 0.05) is 5.56 Å². The lowest BCUT2D eigenvalue weighted by molar-refractivity contribution is 0.0819. The van der Waals surface area contributed by atoms with Gasteiger partial charge in [0.1, 0.15) is 17.3 Å². The highest BCUT2D eigenvalue weighted by molar-refractivity contribution is 7.80. The lowest BCUT2D eigenvalue weighted by atomic mass is 10.1. The summed E-state index contributed by atoms with van der Waals surface area (Å²) in [5, 5.41) is 0. The maximum atomic E-state index is 11.9. The normalized spacial score (nSPS) is 10.4. The molecule has 0 aliphatic heterocycles. The Morgan fingerprint density at radius 1 is 1.53 bits per heavy atom. The van der Waals surface area contributed by atoms with Crippen molar-refractivity contribution < 1.29 is 13.5 Å². The number of ether oxygens (including phenoxy) is 1. The van der Waals surface area contributed by atoms with Crippen LogP contribution in [0.5, 0.6) is 5.75 Å². The van der Waals surface area contributed by atoms with Gasteiger partial charge in [0.15, 0.2) is 0 Å². The van der Waals surface area contributed by atoms with E-state index in [-0.39, 0.29) is 4.99 Å². The fourth-order valence-electron chi connectivity index (χ4n) is 1.16. The molecule has 1 aromatic rings. The zero-order valence-electron chi connectivity index (χ0n) is 8.17. The molecule has 0 aliphatic carbocycles. The number of thiocarbonyl (C=S) groups is 1. The van der Waals surface area contributed by atoms with E-state index in [9.17, 15) is 8.78 Å². The smallest absolute Gasteiger partial charge is 0.272 e. The van der Waals surface area contributed by atoms with Gasteiger partial charge in [0.25, 0.3) is 6.43 Å². The van der Waals surface area contributed by atoms with E-state index in [1.165, 1.54) is 0 Å². The fourth-order valence-corrected chi connectivity index (χ4v) is 1.39. The van der Waals surface area contributed by atoms with E-state index in [0.29, 0.717) is 5.75 Å². The number of rotatable bonds is 4. The molecule has 0 atom stereocenters. The van der Waals surface area contributed by atoms with Gasteiger partial charge in [-0.1, -0.05) is 12.2 Å². The molecule has 0 bridgehead atoms. The third-order valence-corrected chi connectivity index (χ3v) is 2.06. The number of hydrogen-bond acceptors (Lipinski definition) is 2. The average Bonchev–Trinajstić information content (AvgIpc) is 2.14. The van der Waals surface area contributed by atoms with Gasteiger partial charge in [-0.2, -0.15) is 0 Å². The van der Waals surface area contributed by atoms with Gasteiger partial charge >= 0.3 is 0 Å². The van der Waals surface area contributed by atoms with Crippen LogP contribution in [0.2, 0.25) is 0 Å². The highest BCUT2D eigenvalue weighted by Gasteiger charge is 2.06. The third kappa shape index (κ3) is 3.43. The summed E-state index contributed by atoms with van der Waals surface area (Å²) in [5.74, 6) is 0.396. The Morgan fingerprint density at radius 2 is 2.20 bits per heavy atom. The summed E-state index contributed by atoms with van der Waals surface area (Å²) < 4.78 is 28.6. The lowest BCUT2D eigenvalue weighted by Gasteiger charge is -2.08. The van der Waals surface area contributed by atoms with E-state index in [1.54, 1.807) is 25.1 Å². The number of halogens is 2. The van der Waals surface area contributed by atoms with Crippen molar-refractivity contribution >= 4 is 17.2 Å². The molecule has 2 N–H and O–H groups in total. The van der Waals surface area contributed by atoms with Gasteiger partial charge in [0.2, 0.25) is 0 Å². The molecule has 2 nitrogen and oxygen atoms in total. The highest BCUT2D eigenvalue weighted by atomic mass is 32.1. The van der Waals surface area contributed by atoms with Crippen molar-refractivity contribution in [3.05, 3.63) is 29.3 Å². The quantitative estimate of drug-likeness (QED) is 0.807. The Bertz CT molecular complexity index is 368. The Morgan fingerprint density at radius 3 is 2.67 bits per heavy atom. The summed E-state index contributed by atoms with van der Waals surface area (Å²) >= 11 is 4.82. The largest absolute Gasteiger partial charge is 0.488 e. The Hall–Kier alpha value is -1.23. The van der Waals surface area contributed by atoms with Gasteiger partial charge in [-0.15, -0.1) is 0 Å². The first kappa shape index (κ1) is 11.8. The minimum Gasteiger partial charge on any atom is -0.488 e. The second-order valence-electron chi connectivity index (χ2n) is 3.04. The van der Waals surface area contributed by atoms with Crippen molar-refractivity contribution in [2.24, 2.45) is 5.73 Å². The van der Waals surface area contributed by atoms with E-state index in [1.807, 2.05) is 0 Å². The molecule has 1 aromatic carbocycles. The molecule has 0 fully saturated rings. The van der Waals surface area contributed by atoms with Crippen LogP contribution in [0.3, 0.4) is 0 Å². The minimum atomic E-state index is -2.47. The molecule has 82 valence electrons. The molecule has 5 heteroatoms. The Kier molecular flexibility index (Phi) is 3.96. The SMILES string of the molecule is Cc1cc(OCC(F)F)ccc1C(N)=S. The first-order chi connectivity index (χ1) is 7.00. The molecule has 0 unspecified atom stereocenters. The van der Waals surface area contributed by atoms with Gasteiger partial charge < -0.3 is 10.5 Å². The first-order valence-electron chi connectivity index (χ1n) is 4.32. The predicted molar refractivity (Wildman–Crippen MR) is 58.6 cm³/mol. The van der Waals surface area contributed by atoms with E-state index in [4.69, 9.17) is 22.7 Å². The molecular weight excluding hydrogens is 220 g/mol. The van der Waals surface area contributed by atoms with E-state index >= 15 is 0 Å². The fraction of sp³-hybridized carbons (Fsp3) is 0.300. The molecular formula is C10H11F2NOS. The number of nitrogens with two attached hydrogens (primary N) is 1. The van der Waals surface area contributed by atoms with Crippen LogP contribution in [0.25, 0.3) is 0 Å². The van der Waals surface area contributed by atoms with Crippen molar-refractivity contribution in [1.82, 2.24) is 0 Å². The van der Waals surface area contributed by atoms with Crippen molar-refractivity contribution in [2.75, 3.05) is 6.61 Å². The Labute approximate surface area is 92.0 Å². The molecule has 0 saturated carbocycles. The molecule has 0 aliphatic rings. The molecule has 15 heavy (non-hydrogen) atoms. The maximum Gasteiger partial charge on any atom is 0.272 e.